The fourth-order valence-corrected chi connectivity index (χ4v) is 2.80. The summed E-state index contributed by atoms with van der Waals surface area (Å²) in [4.78, 5) is 20.9. The maximum absolute atomic E-state index is 12.2. The van der Waals surface area contributed by atoms with Crippen molar-refractivity contribution in [1.29, 1.82) is 0 Å². The van der Waals surface area contributed by atoms with Gasteiger partial charge in [-0.2, -0.15) is 4.98 Å². The van der Waals surface area contributed by atoms with Crippen LogP contribution in [0.5, 0.6) is 0 Å². The molecule has 120 valence electrons. The van der Waals surface area contributed by atoms with Gasteiger partial charge in [-0.25, -0.2) is 9.50 Å². The van der Waals surface area contributed by atoms with Crippen LogP contribution < -0.4 is 5.32 Å². The summed E-state index contributed by atoms with van der Waals surface area (Å²) >= 11 is 1.26. The zero-order valence-corrected chi connectivity index (χ0v) is 14.0. The lowest BCUT2D eigenvalue weighted by molar-refractivity contribution is -0.115. The van der Waals surface area contributed by atoms with E-state index in [0.717, 1.165) is 11.4 Å². The number of carbonyl (C=O) groups is 1. The molecule has 8 nitrogen and oxygen atoms in total. The van der Waals surface area contributed by atoms with Crippen molar-refractivity contribution in [2.24, 2.45) is 0 Å². The van der Waals surface area contributed by atoms with Gasteiger partial charge in [0.15, 0.2) is 0 Å². The molecule has 0 spiro atoms. The Morgan fingerprint density at radius 3 is 2.74 bits per heavy atom. The quantitative estimate of drug-likeness (QED) is 0.731. The van der Waals surface area contributed by atoms with Crippen LogP contribution in [-0.2, 0) is 4.79 Å². The predicted octanol–water partition coefficient (Wildman–Crippen LogP) is 2.16. The largest absolute Gasteiger partial charge is 0.338 e. The number of amides is 1. The first kappa shape index (κ1) is 15.5. The lowest BCUT2D eigenvalue weighted by Crippen LogP contribution is -2.22. The molecular formula is C14H16N6O2S. The maximum Gasteiger partial charge on any atom is 0.253 e. The van der Waals surface area contributed by atoms with Crippen molar-refractivity contribution in [3.8, 4) is 0 Å². The molecule has 3 heterocycles. The molecule has 0 aromatic carbocycles. The van der Waals surface area contributed by atoms with E-state index in [1.165, 1.54) is 11.8 Å². The zero-order chi connectivity index (χ0) is 16.6. The molecule has 0 unspecified atom stereocenters. The first-order valence-electron chi connectivity index (χ1n) is 7.04. The molecular weight excluding hydrogens is 316 g/mol. The van der Waals surface area contributed by atoms with Crippen LogP contribution in [0.15, 0.2) is 21.8 Å². The molecule has 0 saturated heterocycles. The highest BCUT2D eigenvalue weighted by atomic mass is 32.2. The Labute approximate surface area is 136 Å². The summed E-state index contributed by atoms with van der Waals surface area (Å²) in [6.07, 6.45) is 0. The molecule has 0 aliphatic heterocycles. The Balaban J connectivity index is 1.73. The fourth-order valence-electron chi connectivity index (χ4n) is 2.06. The lowest BCUT2D eigenvalue weighted by Gasteiger charge is -2.07. The predicted molar refractivity (Wildman–Crippen MR) is 85.4 cm³/mol. The highest BCUT2D eigenvalue weighted by Gasteiger charge is 2.19. The summed E-state index contributed by atoms with van der Waals surface area (Å²) in [6, 6.07) is 3.59. The highest BCUT2D eigenvalue weighted by Crippen LogP contribution is 2.22. The van der Waals surface area contributed by atoms with Crippen LogP contribution >= 0.6 is 11.8 Å². The first-order valence-corrected chi connectivity index (χ1v) is 7.92. The average molecular weight is 332 g/mol. The molecule has 0 fully saturated rings. The van der Waals surface area contributed by atoms with Gasteiger partial charge in [-0.3, -0.25) is 10.1 Å². The van der Waals surface area contributed by atoms with E-state index < -0.39 is 0 Å². The van der Waals surface area contributed by atoms with Crippen molar-refractivity contribution in [3.63, 3.8) is 0 Å². The van der Waals surface area contributed by atoms with E-state index in [1.54, 1.807) is 24.4 Å². The number of aromatic nitrogens is 5. The van der Waals surface area contributed by atoms with E-state index in [4.69, 9.17) is 4.52 Å². The molecule has 1 amide bonds. The molecule has 0 saturated carbocycles. The van der Waals surface area contributed by atoms with Gasteiger partial charge < -0.3 is 4.52 Å². The van der Waals surface area contributed by atoms with Gasteiger partial charge in [-0.1, -0.05) is 16.9 Å². The molecule has 1 atom stereocenters. The fraction of sp³-hybridized carbons (Fsp3) is 0.357. The second-order valence-electron chi connectivity index (χ2n) is 5.23. The monoisotopic (exact) mass is 332 g/mol. The summed E-state index contributed by atoms with van der Waals surface area (Å²) in [6.45, 7) is 7.41. The number of nitrogens with zero attached hydrogens (tertiary/aromatic N) is 5. The lowest BCUT2D eigenvalue weighted by atomic mass is 10.4. The number of aryl methyl sites for hydroxylation is 3. The van der Waals surface area contributed by atoms with Crippen molar-refractivity contribution < 1.29 is 9.32 Å². The van der Waals surface area contributed by atoms with Gasteiger partial charge >= 0.3 is 0 Å². The van der Waals surface area contributed by atoms with E-state index in [2.05, 4.69) is 25.5 Å². The van der Waals surface area contributed by atoms with Crippen molar-refractivity contribution in [2.75, 3.05) is 5.32 Å². The van der Waals surface area contributed by atoms with E-state index >= 15 is 0 Å². The van der Waals surface area contributed by atoms with Crippen molar-refractivity contribution >= 4 is 29.3 Å². The first-order chi connectivity index (χ1) is 10.9. The van der Waals surface area contributed by atoms with Gasteiger partial charge in [0.25, 0.3) is 5.78 Å². The van der Waals surface area contributed by atoms with E-state index in [1.807, 2.05) is 19.9 Å². The van der Waals surface area contributed by atoms with Crippen LogP contribution in [0.4, 0.5) is 5.88 Å². The topological polar surface area (TPSA) is 98.2 Å². The third kappa shape index (κ3) is 3.34. The van der Waals surface area contributed by atoms with Gasteiger partial charge in [0.2, 0.25) is 16.9 Å². The Bertz CT molecular complexity index is 871. The smallest absolute Gasteiger partial charge is 0.253 e. The molecule has 0 aliphatic rings. The molecule has 9 heteroatoms. The number of rotatable bonds is 4. The van der Waals surface area contributed by atoms with Crippen LogP contribution in [0.2, 0.25) is 0 Å². The van der Waals surface area contributed by atoms with Gasteiger partial charge in [0.1, 0.15) is 0 Å². The minimum Gasteiger partial charge on any atom is -0.338 e. The van der Waals surface area contributed by atoms with Crippen molar-refractivity contribution in [2.45, 2.75) is 38.1 Å². The minimum atomic E-state index is -0.390. The SMILES string of the molecule is Cc1cc(NC(=O)[C@H](C)Sc2nc3nc(C)cc(C)n3n2)on1. The van der Waals surface area contributed by atoms with E-state index in [9.17, 15) is 4.79 Å². The minimum absolute atomic E-state index is 0.203. The van der Waals surface area contributed by atoms with Gasteiger partial charge in [-0.15, -0.1) is 5.10 Å². The molecule has 1 N–H and O–H groups in total. The number of fused-ring (bicyclic) bond motifs is 1. The molecule has 23 heavy (non-hydrogen) atoms. The van der Waals surface area contributed by atoms with E-state index in [0.29, 0.717) is 22.5 Å². The summed E-state index contributed by atoms with van der Waals surface area (Å²) in [5.41, 5.74) is 2.53. The summed E-state index contributed by atoms with van der Waals surface area (Å²) < 4.78 is 6.64. The Hall–Kier alpha value is -2.42. The van der Waals surface area contributed by atoms with Crippen LogP contribution in [0.25, 0.3) is 5.78 Å². The second-order valence-corrected chi connectivity index (χ2v) is 6.53. The third-order valence-corrected chi connectivity index (χ3v) is 4.08. The molecule has 3 rings (SSSR count). The average Bonchev–Trinajstić information content (AvgIpc) is 3.05. The zero-order valence-electron chi connectivity index (χ0n) is 13.2. The Morgan fingerprint density at radius 1 is 1.26 bits per heavy atom. The van der Waals surface area contributed by atoms with Crippen molar-refractivity contribution in [1.82, 2.24) is 24.7 Å². The molecule has 3 aromatic heterocycles. The number of hydrogen-bond donors (Lipinski definition) is 1. The summed E-state index contributed by atoms with van der Waals surface area (Å²) in [5, 5.41) is 10.9. The highest BCUT2D eigenvalue weighted by molar-refractivity contribution is 8.00. The van der Waals surface area contributed by atoms with Gasteiger partial charge in [0.05, 0.1) is 10.9 Å². The standard InChI is InChI=1S/C14H16N6O2S/c1-7-5-9(3)20-13(15-7)17-14(18-20)23-10(4)12(21)16-11-6-8(2)19-22-11/h5-6,10H,1-4H3,(H,16,21)/t10-/m0/s1. The van der Waals surface area contributed by atoms with Crippen LogP contribution in [0.3, 0.4) is 0 Å². The van der Waals surface area contributed by atoms with Crippen LogP contribution in [-0.4, -0.2) is 35.9 Å². The molecule has 0 radical (unpaired) electrons. The molecule has 3 aromatic rings. The second kappa shape index (κ2) is 5.99. The number of carbonyl (C=O) groups excluding carboxylic acids is 1. The third-order valence-electron chi connectivity index (χ3n) is 3.12. The number of thioether (sulfide) groups is 1. The summed E-state index contributed by atoms with van der Waals surface area (Å²) in [7, 11) is 0. The van der Waals surface area contributed by atoms with Gasteiger partial charge in [-0.05, 0) is 33.8 Å². The summed E-state index contributed by atoms with van der Waals surface area (Å²) in [5.74, 6) is 0.658. The number of nitrogens with one attached hydrogen (secondary N) is 1. The van der Waals surface area contributed by atoms with Crippen LogP contribution in [0.1, 0.15) is 24.0 Å². The Kier molecular flexibility index (Phi) is 4.03. The number of anilines is 1. The molecule has 0 bridgehead atoms. The van der Waals surface area contributed by atoms with E-state index in [-0.39, 0.29) is 11.2 Å². The van der Waals surface area contributed by atoms with Crippen LogP contribution in [0, 0.1) is 20.8 Å². The maximum atomic E-state index is 12.2. The molecule has 0 aliphatic carbocycles. The number of hydrogen-bond acceptors (Lipinski definition) is 7. The Morgan fingerprint density at radius 2 is 2.04 bits per heavy atom. The van der Waals surface area contributed by atoms with Crippen molar-refractivity contribution in [3.05, 3.63) is 29.2 Å². The van der Waals surface area contributed by atoms with Gasteiger partial charge in [0, 0.05) is 17.5 Å². The normalized spacial score (nSPS) is 12.5.